The van der Waals surface area contributed by atoms with Crippen molar-refractivity contribution in [2.75, 3.05) is 18.4 Å². The van der Waals surface area contributed by atoms with Crippen molar-refractivity contribution in [1.29, 1.82) is 0 Å². The summed E-state index contributed by atoms with van der Waals surface area (Å²) in [5.74, 6) is 0.557. The Kier molecular flexibility index (Phi) is 4.90. The molecule has 2 heterocycles. The average Bonchev–Trinajstić information content (AvgIpc) is 3.21. The molecule has 0 bridgehead atoms. The zero-order valence-corrected chi connectivity index (χ0v) is 16.7. The van der Waals surface area contributed by atoms with E-state index in [1.165, 1.54) is 6.07 Å². The Labute approximate surface area is 169 Å². The lowest BCUT2D eigenvalue weighted by molar-refractivity contribution is -0.385. The van der Waals surface area contributed by atoms with E-state index in [-0.39, 0.29) is 28.8 Å². The highest BCUT2D eigenvalue weighted by Crippen LogP contribution is 2.41. The Morgan fingerprint density at radius 1 is 1.21 bits per heavy atom. The van der Waals surface area contributed by atoms with E-state index in [9.17, 15) is 14.9 Å². The quantitative estimate of drug-likeness (QED) is 0.607. The van der Waals surface area contributed by atoms with Crippen LogP contribution in [0.3, 0.4) is 0 Å². The maximum Gasteiger partial charge on any atom is 0.282 e. The molecule has 29 heavy (non-hydrogen) atoms. The van der Waals surface area contributed by atoms with Crippen molar-refractivity contribution in [3.05, 3.63) is 63.7 Å². The lowest BCUT2D eigenvalue weighted by Gasteiger charge is -2.38. The van der Waals surface area contributed by atoms with Gasteiger partial charge in [-0.05, 0) is 44.9 Å². The molecule has 0 aromatic heterocycles. The second-order valence-electron chi connectivity index (χ2n) is 8.29. The summed E-state index contributed by atoms with van der Waals surface area (Å²) in [6.45, 7) is 5.37. The SMILES string of the molecule is CC1(C)CC(Nc2ccc([N+](=O)[O-])c(C(=O)N3CCCC3)c2)c2ccccc2O1. The fourth-order valence-electron chi connectivity index (χ4n) is 4.18. The average molecular weight is 395 g/mol. The van der Waals surface area contributed by atoms with Gasteiger partial charge in [0.1, 0.15) is 16.9 Å². The second kappa shape index (κ2) is 7.39. The minimum absolute atomic E-state index is 0.0221. The van der Waals surface area contributed by atoms with E-state index in [0.29, 0.717) is 18.8 Å². The normalized spacial score (nSPS) is 19.9. The fraction of sp³-hybridized carbons (Fsp3) is 0.409. The van der Waals surface area contributed by atoms with Crippen molar-refractivity contribution >= 4 is 17.3 Å². The van der Waals surface area contributed by atoms with Gasteiger partial charge in [0, 0.05) is 36.8 Å². The number of benzene rings is 2. The molecule has 2 aliphatic rings. The molecule has 1 unspecified atom stereocenters. The first-order valence-corrected chi connectivity index (χ1v) is 9.96. The second-order valence-corrected chi connectivity index (χ2v) is 8.29. The Morgan fingerprint density at radius 2 is 1.93 bits per heavy atom. The summed E-state index contributed by atoms with van der Waals surface area (Å²) in [4.78, 5) is 25.6. The van der Waals surface area contributed by atoms with Crippen LogP contribution in [0, 0.1) is 10.1 Å². The molecule has 1 fully saturated rings. The zero-order chi connectivity index (χ0) is 20.6. The summed E-state index contributed by atoms with van der Waals surface area (Å²) in [5, 5.41) is 15.0. The Balaban J connectivity index is 1.66. The van der Waals surface area contributed by atoms with Gasteiger partial charge in [0.05, 0.1) is 11.0 Å². The van der Waals surface area contributed by atoms with Crippen LogP contribution in [0.25, 0.3) is 0 Å². The van der Waals surface area contributed by atoms with E-state index in [0.717, 1.165) is 30.6 Å². The number of anilines is 1. The molecule has 0 spiro atoms. The van der Waals surface area contributed by atoms with Crippen LogP contribution in [0.15, 0.2) is 42.5 Å². The van der Waals surface area contributed by atoms with Crippen molar-refractivity contribution in [2.24, 2.45) is 0 Å². The van der Waals surface area contributed by atoms with Gasteiger partial charge in [-0.15, -0.1) is 0 Å². The molecule has 1 saturated heterocycles. The predicted molar refractivity (Wildman–Crippen MR) is 110 cm³/mol. The monoisotopic (exact) mass is 395 g/mol. The van der Waals surface area contributed by atoms with E-state index < -0.39 is 4.92 Å². The number of carbonyl (C=O) groups is 1. The van der Waals surface area contributed by atoms with Crippen molar-refractivity contribution in [3.8, 4) is 5.75 Å². The lowest BCUT2D eigenvalue weighted by Crippen LogP contribution is -2.37. The number of fused-ring (bicyclic) bond motifs is 1. The lowest BCUT2D eigenvalue weighted by atomic mass is 9.89. The molecule has 1 atom stereocenters. The van der Waals surface area contributed by atoms with Crippen LogP contribution in [0.2, 0.25) is 0 Å². The van der Waals surface area contributed by atoms with Crippen molar-refractivity contribution < 1.29 is 14.5 Å². The van der Waals surface area contributed by atoms with Gasteiger partial charge in [-0.3, -0.25) is 14.9 Å². The van der Waals surface area contributed by atoms with Crippen molar-refractivity contribution in [2.45, 2.75) is 44.8 Å². The standard InChI is InChI=1S/C22H25N3O4/c1-22(2)14-18(16-7-3-4-8-20(16)29-22)23-15-9-10-19(25(27)28)17(13-15)21(26)24-11-5-6-12-24/h3-4,7-10,13,18,23H,5-6,11-12,14H2,1-2H3. The molecule has 1 N–H and O–H groups in total. The van der Waals surface area contributed by atoms with Gasteiger partial charge in [0.25, 0.3) is 11.6 Å². The molecule has 1 amide bonds. The molecule has 0 saturated carbocycles. The Bertz CT molecular complexity index is 951. The number of hydrogen-bond acceptors (Lipinski definition) is 5. The third-order valence-electron chi connectivity index (χ3n) is 5.53. The highest BCUT2D eigenvalue weighted by Gasteiger charge is 2.34. The zero-order valence-electron chi connectivity index (χ0n) is 16.7. The Hall–Kier alpha value is -3.09. The maximum atomic E-state index is 12.9. The minimum atomic E-state index is -0.486. The summed E-state index contributed by atoms with van der Waals surface area (Å²) in [6, 6.07) is 12.6. The fourth-order valence-corrected chi connectivity index (χ4v) is 4.18. The van der Waals surface area contributed by atoms with Crippen LogP contribution >= 0.6 is 0 Å². The first kappa shape index (κ1) is 19.2. The first-order valence-electron chi connectivity index (χ1n) is 9.96. The number of nitro groups is 1. The summed E-state index contributed by atoms with van der Waals surface area (Å²) in [7, 11) is 0. The van der Waals surface area contributed by atoms with Gasteiger partial charge in [-0.1, -0.05) is 18.2 Å². The topological polar surface area (TPSA) is 84.7 Å². The van der Waals surface area contributed by atoms with Crippen LogP contribution in [-0.2, 0) is 0 Å². The highest BCUT2D eigenvalue weighted by atomic mass is 16.6. The van der Waals surface area contributed by atoms with E-state index >= 15 is 0 Å². The van der Waals surface area contributed by atoms with Gasteiger partial charge < -0.3 is 15.0 Å². The number of nitrogens with zero attached hydrogens (tertiary/aromatic N) is 2. The molecule has 2 aromatic rings. The number of ether oxygens (including phenoxy) is 1. The number of amides is 1. The number of nitrogens with one attached hydrogen (secondary N) is 1. The number of hydrogen-bond donors (Lipinski definition) is 1. The molecule has 4 rings (SSSR count). The molecule has 7 heteroatoms. The number of rotatable bonds is 4. The smallest absolute Gasteiger partial charge is 0.282 e. The van der Waals surface area contributed by atoms with Crippen molar-refractivity contribution in [3.63, 3.8) is 0 Å². The number of carbonyl (C=O) groups excluding carboxylic acids is 1. The van der Waals surface area contributed by atoms with E-state index in [4.69, 9.17) is 4.74 Å². The van der Waals surface area contributed by atoms with Gasteiger partial charge in [0.15, 0.2) is 0 Å². The van der Waals surface area contributed by atoms with Crippen LogP contribution in [0.1, 0.15) is 55.1 Å². The molecule has 7 nitrogen and oxygen atoms in total. The van der Waals surface area contributed by atoms with E-state index in [1.54, 1.807) is 17.0 Å². The van der Waals surface area contributed by atoms with E-state index in [1.807, 2.05) is 38.1 Å². The van der Waals surface area contributed by atoms with Crippen LogP contribution in [0.5, 0.6) is 5.75 Å². The molecular weight excluding hydrogens is 370 g/mol. The predicted octanol–water partition coefficient (Wildman–Crippen LogP) is 4.55. The summed E-state index contributed by atoms with van der Waals surface area (Å²) >= 11 is 0. The molecule has 0 radical (unpaired) electrons. The molecular formula is C22H25N3O4. The maximum absolute atomic E-state index is 12.9. The molecule has 2 aliphatic heterocycles. The van der Waals surface area contributed by atoms with Gasteiger partial charge in [-0.25, -0.2) is 0 Å². The first-order chi connectivity index (χ1) is 13.8. The third-order valence-corrected chi connectivity index (χ3v) is 5.53. The minimum Gasteiger partial charge on any atom is -0.487 e. The Morgan fingerprint density at radius 3 is 2.66 bits per heavy atom. The van der Waals surface area contributed by atoms with E-state index in [2.05, 4.69) is 5.32 Å². The summed E-state index contributed by atoms with van der Waals surface area (Å²) < 4.78 is 6.08. The number of nitro benzene ring substituents is 1. The van der Waals surface area contributed by atoms with Gasteiger partial charge in [0.2, 0.25) is 0 Å². The third kappa shape index (κ3) is 3.90. The highest BCUT2D eigenvalue weighted by molar-refractivity contribution is 5.99. The largest absolute Gasteiger partial charge is 0.487 e. The molecule has 152 valence electrons. The summed E-state index contributed by atoms with van der Waals surface area (Å²) in [6.07, 6.45) is 2.60. The van der Waals surface area contributed by atoms with Crippen LogP contribution in [0.4, 0.5) is 11.4 Å². The number of para-hydroxylation sites is 1. The summed E-state index contributed by atoms with van der Waals surface area (Å²) in [5.41, 5.74) is 1.37. The van der Waals surface area contributed by atoms with Crippen LogP contribution < -0.4 is 10.1 Å². The van der Waals surface area contributed by atoms with Crippen LogP contribution in [-0.4, -0.2) is 34.4 Å². The van der Waals surface area contributed by atoms with Gasteiger partial charge >= 0.3 is 0 Å². The van der Waals surface area contributed by atoms with Gasteiger partial charge in [-0.2, -0.15) is 0 Å². The van der Waals surface area contributed by atoms with Crippen molar-refractivity contribution in [1.82, 2.24) is 4.90 Å². The molecule has 2 aromatic carbocycles. The number of likely N-dealkylation sites (tertiary alicyclic amines) is 1. The molecule has 0 aliphatic carbocycles.